The van der Waals surface area contributed by atoms with E-state index < -0.39 is 0 Å². The third kappa shape index (κ3) is 26.6. The summed E-state index contributed by atoms with van der Waals surface area (Å²) in [5, 5.41) is 0. The zero-order chi connectivity index (χ0) is 0. The summed E-state index contributed by atoms with van der Waals surface area (Å²) in [6.45, 7) is 0. The summed E-state index contributed by atoms with van der Waals surface area (Å²) in [5.41, 5.74) is 0. The molecule has 0 atom stereocenters. The molecular formula is H6BiCrFeMnSiZn. The molecule has 0 saturated heterocycles. The third-order valence-corrected chi connectivity index (χ3v) is 0. The van der Waals surface area contributed by atoms with Gasteiger partial charge in [-0.25, -0.2) is 0 Å². The number of hydrogen-bond acceptors (Lipinski definition) is 0. The Morgan fingerprint density at radius 1 is 1.00 bits per heavy atom. The van der Waals surface area contributed by atoms with Gasteiger partial charge in [-0.05, 0) is 11.0 Å². The molecule has 0 aliphatic heterocycles. The molecule has 38 valence electrons. The number of hydrogen-bond donors (Lipinski definition) is 0. The van der Waals surface area contributed by atoms with Crippen LogP contribution in [0.1, 0.15) is 0 Å². The molecule has 0 fully saturated rings. The molecule has 0 rings (SSSR count). The van der Waals surface area contributed by atoms with Gasteiger partial charge in [-0.2, -0.15) is 0 Å². The molecule has 0 spiro atoms. The van der Waals surface area contributed by atoms with Crippen LogP contribution in [0.2, 0.25) is 0 Å². The van der Waals surface area contributed by atoms with Crippen molar-refractivity contribution in [1.29, 1.82) is 0 Å². The molecule has 0 aliphatic carbocycles. The van der Waals surface area contributed by atoms with E-state index in [-0.39, 0.29) is 108 Å². The fourth-order valence-corrected chi connectivity index (χ4v) is 0. The van der Waals surface area contributed by atoms with Crippen molar-refractivity contribution >= 4 is 37.2 Å². The van der Waals surface area contributed by atoms with Crippen molar-refractivity contribution in [3.05, 3.63) is 0 Å². The van der Waals surface area contributed by atoms with Gasteiger partial charge in [0.25, 0.3) is 0 Å². The summed E-state index contributed by atoms with van der Waals surface area (Å²) in [4.78, 5) is 0. The molecule has 0 heterocycles. The van der Waals surface area contributed by atoms with E-state index in [1.165, 1.54) is 0 Å². The topological polar surface area (TPSA) is 0 Å². The minimum atomic E-state index is 0. The van der Waals surface area contributed by atoms with E-state index in [1.54, 1.807) is 0 Å². The smallest absolute Gasteiger partial charge is 0 e. The van der Waals surface area contributed by atoms with E-state index in [0.29, 0.717) is 0 Å². The van der Waals surface area contributed by atoms with Gasteiger partial charge in [-0.15, -0.1) is 0 Å². The van der Waals surface area contributed by atoms with Crippen LogP contribution in [0.15, 0.2) is 0 Å². The van der Waals surface area contributed by atoms with Gasteiger partial charge in [0.1, 0.15) is 0 Å². The molecule has 0 N–H and O–H groups in total. The van der Waals surface area contributed by atoms with Gasteiger partial charge in [0.15, 0.2) is 0 Å². The van der Waals surface area contributed by atoms with Crippen molar-refractivity contribution in [3.63, 3.8) is 0 Å². The Balaban J connectivity index is 0. The molecule has 6 heavy (non-hydrogen) atoms. The summed E-state index contributed by atoms with van der Waals surface area (Å²) < 4.78 is 0. The largest absolute Gasteiger partial charge is 0.0125 e. The van der Waals surface area contributed by atoms with E-state index >= 15 is 0 Å². The minimum Gasteiger partial charge on any atom is -0.0125 e. The van der Waals surface area contributed by atoms with Crippen LogP contribution in [-0.2, 0) is 71.0 Å². The van der Waals surface area contributed by atoms with Gasteiger partial charge in [0.2, 0.25) is 0 Å². The molecule has 6 heteroatoms. The first-order valence-electron chi connectivity index (χ1n) is 0. The fraction of sp³-hybridized carbons (Fsp3) is 0. The Bertz CT molecular complexity index is 15.5. The molecule has 2 radical (unpaired) electrons. The van der Waals surface area contributed by atoms with Gasteiger partial charge in [0.05, 0.1) is 0 Å². The Morgan fingerprint density at radius 2 is 1.00 bits per heavy atom. The molecule has 0 aliphatic rings. The summed E-state index contributed by atoms with van der Waals surface area (Å²) in [6, 6.07) is 0. The predicted octanol–water partition coefficient (Wildman–Crippen LogP) is -2.38. The van der Waals surface area contributed by atoms with E-state index in [9.17, 15) is 0 Å². The van der Waals surface area contributed by atoms with Gasteiger partial charge >= 0.3 is 26.2 Å². The van der Waals surface area contributed by atoms with E-state index in [0.717, 1.165) is 0 Å². The second-order valence-electron chi connectivity index (χ2n) is 0. The van der Waals surface area contributed by atoms with Crippen molar-refractivity contribution in [2.75, 3.05) is 0 Å². The monoisotopic (exact) mass is 470 g/mol. The molecule has 0 aromatic rings. The van der Waals surface area contributed by atoms with Crippen molar-refractivity contribution < 1.29 is 71.0 Å². The van der Waals surface area contributed by atoms with Gasteiger partial charge in [-0.1, -0.05) is 0 Å². The van der Waals surface area contributed by atoms with Gasteiger partial charge in [-0.3, -0.25) is 0 Å². The maximum Gasteiger partial charge on any atom is 0 e. The molecule has 0 bridgehead atoms. The summed E-state index contributed by atoms with van der Waals surface area (Å²) in [7, 11) is 0. The fourth-order valence-electron chi connectivity index (χ4n) is 0. The Morgan fingerprint density at radius 3 is 1.00 bits per heavy atom. The Labute approximate surface area is 106 Å². The van der Waals surface area contributed by atoms with E-state index in [1.807, 2.05) is 0 Å². The summed E-state index contributed by atoms with van der Waals surface area (Å²) in [5.74, 6) is 0. The normalized spacial score (nSPS) is 0. The number of rotatable bonds is 0. The zero-order valence-electron chi connectivity index (χ0n) is 3.55. The van der Waals surface area contributed by atoms with E-state index in [2.05, 4.69) is 0 Å². The maximum atomic E-state index is 0. The summed E-state index contributed by atoms with van der Waals surface area (Å²) >= 11 is 0. The predicted molar refractivity (Wildman–Crippen MR) is 19.9 cm³/mol. The average molecular weight is 471 g/mol. The molecule has 0 amide bonds. The second-order valence-corrected chi connectivity index (χ2v) is 0. The summed E-state index contributed by atoms with van der Waals surface area (Å²) in [6.07, 6.45) is 0. The Kier molecular flexibility index (Phi) is 399. The van der Waals surface area contributed by atoms with Crippen LogP contribution in [0.3, 0.4) is 0 Å². The zero-order valence-corrected chi connectivity index (χ0v) is 17.6. The first-order valence-corrected chi connectivity index (χ1v) is 0. The minimum absolute atomic E-state index is 0. The Hall–Kier alpha value is 3.29. The first-order chi connectivity index (χ1) is 0. The molecular weight excluding hydrogens is 465 g/mol. The maximum absolute atomic E-state index is 0. The van der Waals surface area contributed by atoms with Crippen molar-refractivity contribution in [3.8, 4) is 0 Å². The quantitative estimate of drug-likeness (QED) is 0.347. The van der Waals surface area contributed by atoms with Gasteiger partial charge < -0.3 is 0 Å². The van der Waals surface area contributed by atoms with Crippen LogP contribution < -0.4 is 0 Å². The van der Waals surface area contributed by atoms with Gasteiger partial charge in [0, 0.05) is 71.0 Å². The van der Waals surface area contributed by atoms with Crippen molar-refractivity contribution in [1.82, 2.24) is 0 Å². The van der Waals surface area contributed by atoms with Crippen LogP contribution in [-0.4, -0.2) is 37.2 Å². The molecule has 0 aromatic carbocycles. The molecule has 0 nitrogen and oxygen atoms in total. The molecule has 0 saturated carbocycles. The van der Waals surface area contributed by atoms with Crippen molar-refractivity contribution in [2.45, 2.75) is 0 Å². The van der Waals surface area contributed by atoms with Crippen LogP contribution in [0, 0.1) is 0 Å². The van der Waals surface area contributed by atoms with Crippen LogP contribution >= 0.6 is 0 Å². The van der Waals surface area contributed by atoms with Crippen LogP contribution in [0.25, 0.3) is 0 Å². The third-order valence-electron chi connectivity index (χ3n) is 0. The van der Waals surface area contributed by atoms with E-state index in [4.69, 9.17) is 0 Å². The average Bonchev–Trinajstić information content (AvgIpc) is 0. The SMILES string of the molecule is [BiH3].[Cr].[Fe].[Mn].[SiH3].[Zn]. The second kappa shape index (κ2) is 40.7. The standard InChI is InChI=1S/Bi.Cr.Fe.Mn.H3Si.Zn.3H/h;;;;1H3;;;;. The van der Waals surface area contributed by atoms with Crippen molar-refractivity contribution in [2.24, 2.45) is 0 Å². The van der Waals surface area contributed by atoms with Crippen LogP contribution in [0.4, 0.5) is 0 Å². The first kappa shape index (κ1) is 58.9. The molecule has 0 aromatic heterocycles. The van der Waals surface area contributed by atoms with Crippen LogP contribution in [0.5, 0.6) is 0 Å². The molecule has 0 unspecified atom stereocenters.